The number of hydrogen-bond donors (Lipinski definition) is 0. The van der Waals surface area contributed by atoms with Crippen LogP contribution in [0.15, 0.2) is 53.1 Å². The first-order chi connectivity index (χ1) is 9.65. The Balaban J connectivity index is 0.00000161. The summed E-state index contributed by atoms with van der Waals surface area (Å²) >= 11 is 3.33. The first-order valence-corrected chi connectivity index (χ1v) is 6.67. The van der Waals surface area contributed by atoms with Crippen LogP contribution in [-0.4, -0.2) is 15.9 Å². The van der Waals surface area contributed by atoms with Crippen molar-refractivity contribution in [1.29, 1.82) is 0 Å². The number of carboxylic acid groups (broad SMARTS) is 1. The second-order valence-corrected chi connectivity index (χ2v) is 5.13. The van der Waals surface area contributed by atoms with Crippen LogP contribution in [0.1, 0.15) is 10.4 Å². The van der Waals surface area contributed by atoms with Gasteiger partial charge in [-0.05, 0) is 36.4 Å². The normalized spacial score (nSPS) is 10.1. The first kappa shape index (κ1) is 16.7. The molecule has 0 saturated carbocycles. The van der Waals surface area contributed by atoms with Crippen molar-refractivity contribution in [3.63, 3.8) is 0 Å². The molecule has 4 nitrogen and oxygen atoms in total. The fourth-order valence-electron chi connectivity index (χ4n) is 2.01. The Kier molecular flexibility index (Phi) is 5.64. The van der Waals surface area contributed by atoms with Crippen LogP contribution >= 0.6 is 15.9 Å². The minimum absolute atomic E-state index is 0. The predicted octanol–water partition coefficient (Wildman–Crippen LogP) is -0.573. The van der Waals surface area contributed by atoms with E-state index in [2.05, 4.69) is 25.9 Å². The van der Waals surface area contributed by atoms with Crippen molar-refractivity contribution in [2.75, 3.05) is 0 Å². The molecule has 0 fully saturated rings. The van der Waals surface area contributed by atoms with Gasteiger partial charge in [-0.3, -0.25) is 4.98 Å². The maximum atomic E-state index is 11.3. The summed E-state index contributed by atoms with van der Waals surface area (Å²) in [5, 5.41) is 11.9. The van der Waals surface area contributed by atoms with Crippen molar-refractivity contribution in [3.8, 4) is 11.4 Å². The van der Waals surface area contributed by atoms with Gasteiger partial charge in [-0.1, -0.05) is 22.0 Å². The number of rotatable bonds is 2. The van der Waals surface area contributed by atoms with Crippen LogP contribution in [0.3, 0.4) is 0 Å². The first-order valence-electron chi connectivity index (χ1n) is 5.88. The minimum Gasteiger partial charge on any atom is -0.545 e. The predicted molar refractivity (Wildman–Crippen MR) is 77.0 cm³/mol. The van der Waals surface area contributed by atoms with Crippen LogP contribution < -0.4 is 56.5 Å². The van der Waals surface area contributed by atoms with Gasteiger partial charge in [-0.15, -0.1) is 0 Å². The van der Waals surface area contributed by atoms with Crippen LogP contribution in [0.4, 0.5) is 0 Å². The van der Waals surface area contributed by atoms with Gasteiger partial charge in [0, 0.05) is 21.6 Å². The van der Waals surface area contributed by atoms with Gasteiger partial charge < -0.3 is 9.90 Å². The molecule has 6 heteroatoms. The Morgan fingerprint density at radius 2 is 1.90 bits per heavy atom. The van der Waals surface area contributed by atoms with E-state index >= 15 is 0 Å². The maximum absolute atomic E-state index is 11.3. The van der Waals surface area contributed by atoms with E-state index in [4.69, 9.17) is 0 Å². The van der Waals surface area contributed by atoms with Gasteiger partial charge in [0.1, 0.15) is 0 Å². The summed E-state index contributed by atoms with van der Waals surface area (Å²) in [5.41, 5.74) is 1.84. The zero-order valence-corrected chi connectivity index (χ0v) is 15.9. The average molecular weight is 367 g/mol. The van der Waals surface area contributed by atoms with Crippen molar-refractivity contribution >= 4 is 32.8 Å². The van der Waals surface area contributed by atoms with E-state index in [0.29, 0.717) is 22.3 Å². The average Bonchev–Trinajstić information content (AvgIpc) is 2.47. The molecule has 0 spiro atoms. The third-order valence-electron chi connectivity index (χ3n) is 2.92. The SMILES string of the molecule is O=C([O-])c1cc(-c2ccccn2)nc2ccc(Br)cc12.[K+]. The number of fused-ring (bicyclic) bond motifs is 1. The van der Waals surface area contributed by atoms with Gasteiger partial charge in [0.2, 0.25) is 0 Å². The molecular formula is C15H8BrKN2O2. The number of hydrogen-bond acceptors (Lipinski definition) is 4. The third kappa shape index (κ3) is 3.58. The number of carbonyl (C=O) groups excluding carboxylic acids is 1. The molecule has 0 aliphatic rings. The van der Waals surface area contributed by atoms with Gasteiger partial charge in [0.15, 0.2) is 0 Å². The number of carboxylic acids is 1. The number of carbonyl (C=O) groups is 1. The Hall–Kier alpha value is -0.634. The Morgan fingerprint density at radius 3 is 2.57 bits per heavy atom. The molecule has 0 aliphatic heterocycles. The van der Waals surface area contributed by atoms with Crippen LogP contribution in [-0.2, 0) is 0 Å². The quantitative estimate of drug-likeness (QED) is 0.569. The summed E-state index contributed by atoms with van der Waals surface area (Å²) in [7, 11) is 0. The van der Waals surface area contributed by atoms with Gasteiger partial charge in [-0.2, -0.15) is 0 Å². The van der Waals surface area contributed by atoms with Crippen LogP contribution in [0.2, 0.25) is 0 Å². The molecule has 0 bridgehead atoms. The summed E-state index contributed by atoms with van der Waals surface area (Å²) in [6.07, 6.45) is 1.64. The van der Waals surface area contributed by atoms with Crippen LogP contribution in [0.25, 0.3) is 22.3 Å². The van der Waals surface area contributed by atoms with Crippen LogP contribution in [0.5, 0.6) is 0 Å². The third-order valence-corrected chi connectivity index (χ3v) is 3.41. The van der Waals surface area contributed by atoms with E-state index in [0.717, 1.165) is 4.47 Å². The number of benzene rings is 1. The second kappa shape index (κ2) is 7.08. The summed E-state index contributed by atoms with van der Waals surface area (Å²) in [6.45, 7) is 0. The number of aromatic carboxylic acids is 1. The molecule has 0 saturated heterocycles. The molecule has 98 valence electrons. The second-order valence-electron chi connectivity index (χ2n) is 4.22. The maximum Gasteiger partial charge on any atom is 1.00 e. The Labute approximate surface area is 172 Å². The molecule has 0 N–H and O–H groups in total. The van der Waals surface area contributed by atoms with Crippen molar-refractivity contribution in [2.24, 2.45) is 0 Å². The number of aromatic nitrogens is 2. The van der Waals surface area contributed by atoms with E-state index in [1.165, 1.54) is 6.07 Å². The van der Waals surface area contributed by atoms with E-state index in [-0.39, 0.29) is 56.9 Å². The molecule has 2 heterocycles. The molecule has 21 heavy (non-hydrogen) atoms. The number of pyridine rings is 2. The standard InChI is InChI=1S/C15H9BrN2O2.K/c16-9-4-5-12-10(7-9)11(15(19)20)8-14(18-12)13-3-1-2-6-17-13;/h1-8H,(H,19,20);/q;+1/p-1. The largest absolute Gasteiger partial charge is 1.00 e. The zero-order chi connectivity index (χ0) is 14.1. The van der Waals surface area contributed by atoms with Crippen LogP contribution in [0, 0.1) is 0 Å². The number of nitrogens with zero attached hydrogens (tertiary/aromatic N) is 2. The van der Waals surface area contributed by atoms with E-state index in [1.807, 2.05) is 12.1 Å². The molecule has 0 aliphatic carbocycles. The fourth-order valence-corrected chi connectivity index (χ4v) is 2.37. The Morgan fingerprint density at radius 1 is 1.10 bits per heavy atom. The van der Waals surface area contributed by atoms with E-state index in [1.54, 1.807) is 30.5 Å². The zero-order valence-electron chi connectivity index (χ0n) is 11.2. The topological polar surface area (TPSA) is 65.9 Å². The summed E-state index contributed by atoms with van der Waals surface area (Å²) in [4.78, 5) is 20.0. The van der Waals surface area contributed by atoms with Gasteiger partial charge in [0.25, 0.3) is 0 Å². The number of halogens is 1. The molecule has 0 radical (unpaired) electrons. The van der Waals surface area contributed by atoms with Gasteiger partial charge in [0.05, 0.1) is 22.9 Å². The smallest absolute Gasteiger partial charge is 0.545 e. The van der Waals surface area contributed by atoms with Crippen molar-refractivity contribution < 1.29 is 61.3 Å². The summed E-state index contributed by atoms with van der Waals surface area (Å²) < 4.78 is 0.792. The molecule has 0 unspecified atom stereocenters. The van der Waals surface area contributed by atoms with Crippen molar-refractivity contribution in [3.05, 3.63) is 58.7 Å². The summed E-state index contributed by atoms with van der Waals surface area (Å²) in [6, 6.07) is 12.2. The van der Waals surface area contributed by atoms with Crippen molar-refractivity contribution in [1.82, 2.24) is 9.97 Å². The van der Waals surface area contributed by atoms with Crippen molar-refractivity contribution in [2.45, 2.75) is 0 Å². The Bertz CT molecular complexity index is 809. The van der Waals surface area contributed by atoms with Gasteiger partial charge >= 0.3 is 51.4 Å². The monoisotopic (exact) mass is 366 g/mol. The molecule has 3 aromatic rings. The molecular weight excluding hydrogens is 359 g/mol. The molecule has 0 amide bonds. The molecule has 2 aromatic heterocycles. The van der Waals surface area contributed by atoms with Gasteiger partial charge in [-0.25, -0.2) is 4.98 Å². The fraction of sp³-hybridized carbons (Fsp3) is 0. The molecule has 0 atom stereocenters. The van der Waals surface area contributed by atoms with E-state index < -0.39 is 5.97 Å². The molecule has 1 aromatic carbocycles. The van der Waals surface area contributed by atoms with E-state index in [9.17, 15) is 9.90 Å². The summed E-state index contributed by atoms with van der Waals surface area (Å²) in [5.74, 6) is -1.23. The molecule has 3 rings (SSSR count). The minimum atomic E-state index is -1.23.